The van der Waals surface area contributed by atoms with Gasteiger partial charge in [-0.25, -0.2) is 12.8 Å². The first-order valence-electron chi connectivity index (χ1n) is 9.41. The van der Waals surface area contributed by atoms with Gasteiger partial charge in [0, 0.05) is 25.7 Å². The summed E-state index contributed by atoms with van der Waals surface area (Å²) in [4.78, 5) is 0.0851. The monoisotopic (exact) mass is 418 g/mol. The number of sulfonamides is 1. The molecule has 0 heterocycles. The first kappa shape index (κ1) is 23.5. The SMILES string of the molecule is [B]c1cccc(S(=O)(=O)N(C)CC(O)CNC(C)(C)Cc2ccc(C)c(F)c2)c1. The van der Waals surface area contributed by atoms with Crippen LogP contribution in [0.3, 0.4) is 0 Å². The topological polar surface area (TPSA) is 69.6 Å². The zero-order chi connectivity index (χ0) is 21.8. The predicted octanol–water partition coefficient (Wildman–Crippen LogP) is 1.52. The summed E-state index contributed by atoms with van der Waals surface area (Å²) >= 11 is 0. The third kappa shape index (κ3) is 6.64. The molecule has 29 heavy (non-hydrogen) atoms. The lowest BCUT2D eigenvalue weighted by Gasteiger charge is -2.29. The van der Waals surface area contributed by atoms with E-state index in [1.807, 2.05) is 19.9 Å². The number of aliphatic hydroxyl groups excluding tert-OH is 1. The minimum absolute atomic E-state index is 0.0701. The maximum absolute atomic E-state index is 13.8. The predicted molar refractivity (Wildman–Crippen MR) is 115 cm³/mol. The third-order valence-electron chi connectivity index (χ3n) is 4.73. The van der Waals surface area contributed by atoms with Crippen molar-refractivity contribution in [1.82, 2.24) is 9.62 Å². The van der Waals surface area contributed by atoms with Gasteiger partial charge in [0.25, 0.3) is 0 Å². The van der Waals surface area contributed by atoms with Crippen molar-refractivity contribution in [2.75, 3.05) is 20.1 Å². The van der Waals surface area contributed by atoms with Crippen LogP contribution in [0.25, 0.3) is 0 Å². The second kappa shape index (κ2) is 9.39. The Kier molecular flexibility index (Phi) is 7.62. The maximum Gasteiger partial charge on any atom is 0.242 e. The average Bonchev–Trinajstić information content (AvgIpc) is 2.63. The number of aliphatic hydroxyl groups is 1. The summed E-state index contributed by atoms with van der Waals surface area (Å²) in [5.41, 5.74) is 1.39. The summed E-state index contributed by atoms with van der Waals surface area (Å²) in [7, 11) is 3.34. The van der Waals surface area contributed by atoms with Crippen molar-refractivity contribution >= 4 is 23.3 Å². The third-order valence-corrected chi connectivity index (χ3v) is 6.55. The molecule has 0 fully saturated rings. The average molecular weight is 418 g/mol. The van der Waals surface area contributed by atoms with Crippen LogP contribution in [0.2, 0.25) is 0 Å². The van der Waals surface area contributed by atoms with Crippen LogP contribution < -0.4 is 10.8 Å². The molecule has 0 spiro atoms. The van der Waals surface area contributed by atoms with Gasteiger partial charge in [0.15, 0.2) is 0 Å². The molecular formula is C21H28BFN2O3S. The van der Waals surface area contributed by atoms with E-state index >= 15 is 0 Å². The second-order valence-corrected chi connectivity index (χ2v) is 10.1. The summed E-state index contributed by atoms with van der Waals surface area (Å²) < 4.78 is 40.1. The van der Waals surface area contributed by atoms with Crippen LogP contribution in [0.15, 0.2) is 47.4 Å². The number of likely N-dealkylation sites (N-methyl/N-ethyl adjacent to an activating group) is 1. The Labute approximate surface area is 174 Å². The number of aryl methyl sites for hydroxylation is 1. The Morgan fingerprint density at radius 1 is 1.24 bits per heavy atom. The van der Waals surface area contributed by atoms with E-state index in [0.717, 1.165) is 9.87 Å². The molecule has 8 heteroatoms. The van der Waals surface area contributed by atoms with E-state index in [-0.39, 0.29) is 23.8 Å². The second-order valence-electron chi connectivity index (χ2n) is 8.04. The molecule has 2 aromatic carbocycles. The number of benzene rings is 2. The minimum Gasteiger partial charge on any atom is -0.390 e. The van der Waals surface area contributed by atoms with Gasteiger partial charge in [-0.05, 0) is 56.5 Å². The van der Waals surface area contributed by atoms with Gasteiger partial charge < -0.3 is 10.4 Å². The number of hydrogen-bond acceptors (Lipinski definition) is 4. The zero-order valence-corrected chi connectivity index (χ0v) is 18.1. The highest BCUT2D eigenvalue weighted by Crippen LogP contribution is 2.17. The minimum atomic E-state index is -3.74. The first-order chi connectivity index (χ1) is 13.4. The van der Waals surface area contributed by atoms with Crippen LogP contribution in [-0.2, 0) is 16.4 Å². The Morgan fingerprint density at radius 2 is 1.93 bits per heavy atom. The molecule has 156 valence electrons. The number of β-amino-alcohol motifs (C(OH)–C–C–N with tert-alkyl or cyclic N) is 1. The fraction of sp³-hybridized carbons (Fsp3) is 0.429. The Bertz CT molecular complexity index is 951. The van der Waals surface area contributed by atoms with Crippen LogP contribution in [0.5, 0.6) is 0 Å². The normalized spacial score (nSPS) is 13.6. The lowest BCUT2D eigenvalue weighted by molar-refractivity contribution is 0.139. The Balaban J connectivity index is 1.93. The van der Waals surface area contributed by atoms with E-state index < -0.39 is 21.7 Å². The number of nitrogens with one attached hydrogen (secondary N) is 1. The lowest BCUT2D eigenvalue weighted by atomic mass is 9.94. The lowest BCUT2D eigenvalue weighted by Crippen LogP contribution is -2.47. The van der Waals surface area contributed by atoms with Crippen molar-refractivity contribution in [1.29, 1.82) is 0 Å². The number of nitrogens with zero attached hydrogens (tertiary/aromatic N) is 1. The van der Waals surface area contributed by atoms with Crippen molar-refractivity contribution in [2.45, 2.75) is 43.7 Å². The van der Waals surface area contributed by atoms with E-state index in [1.165, 1.54) is 25.2 Å². The molecule has 1 unspecified atom stereocenters. The van der Waals surface area contributed by atoms with Gasteiger partial charge >= 0.3 is 0 Å². The van der Waals surface area contributed by atoms with Crippen molar-refractivity contribution in [2.24, 2.45) is 0 Å². The van der Waals surface area contributed by atoms with Crippen LogP contribution in [-0.4, -0.2) is 57.5 Å². The van der Waals surface area contributed by atoms with Gasteiger partial charge in [-0.3, -0.25) is 0 Å². The fourth-order valence-corrected chi connectivity index (χ4v) is 4.29. The molecule has 0 amide bonds. The molecule has 2 radical (unpaired) electrons. The quantitative estimate of drug-likeness (QED) is 0.606. The Morgan fingerprint density at radius 3 is 2.55 bits per heavy atom. The summed E-state index contributed by atoms with van der Waals surface area (Å²) in [5.74, 6) is -0.244. The fourth-order valence-electron chi connectivity index (χ4n) is 3.03. The molecule has 0 aliphatic heterocycles. The van der Waals surface area contributed by atoms with E-state index in [4.69, 9.17) is 7.85 Å². The Hall–Kier alpha value is -1.74. The molecular weight excluding hydrogens is 390 g/mol. The molecule has 0 aliphatic carbocycles. The largest absolute Gasteiger partial charge is 0.390 e. The molecule has 0 saturated heterocycles. The highest BCUT2D eigenvalue weighted by atomic mass is 32.2. The van der Waals surface area contributed by atoms with Crippen molar-refractivity contribution in [3.05, 3.63) is 59.4 Å². The summed E-state index contributed by atoms with van der Waals surface area (Å²) in [6.45, 7) is 5.74. The van der Waals surface area contributed by atoms with Crippen LogP contribution >= 0.6 is 0 Å². The van der Waals surface area contributed by atoms with Gasteiger partial charge in [0.05, 0.1) is 11.0 Å². The molecule has 2 rings (SSSR count). The highest BCUT2D eigenvalue weighted by Gasteiger charge is 2.25. The van der Waals surface area contributed by atoms with Gasteiger partial charge in [0.1, 0.15) is 13.7 Å². The molecule has 0 aromatic heterocycles. The van der Waals surface area contributed by atoms with E-state index in [9.17, 15) is 17.9 Å². The molecule has 1 atom stereocenters. The zero-order valence-electron chi connectivity index (χ0n) is 17.3. The maximum atomic E-state index is 13.8. The summed E-state index contributed by atoms with van der Waals surface area (Å²) in [5, 5.41) is 13.6. The van der Waals surface area contributed by atoms with Crippen LogP contribution in [0, 0.1) is 12.7 Å². The van der Waals surface area contributed by atoms with Crippen LogP contribution in [0.4, 0.5) is 4.39 Å². The van der Waals surface area contributed by atoms with Gasteiger partial charge in [-0.1, -0.05) is 29.7 Å². The van der Waals surface area contributed by atoms with E-state index in [1.54, 1.807) is 25.1 Å². The van der Waals surface area contributed by atoms with E-state index in [2.05, 4.69) is 5.32 Å². The smallest absolute Gasteiger partial charge is 0.242 e. The standard InChI is InChI=1S/C21H28BFN2O3S/c1-15-8-9-16(10-20(15)23)12-21(2,3)24-13-18(26)14-25(4)29(27,28)19-7-5-6-17(22)11-19/h5-11,18,24,26H,12-14H2,1-4H3. The molecule has 0 bridgehead atoms. The number of halogens is 1. The van der Waals surface area contributed by atoms with Gasteiger partial charge in [-0.2, -0.15) is 4.31 Å². The number of hydrogen-bond donors (Lipinski definition) is 2. The van der Waals surface area contributed by atoms with Crippen molar-refractivity contribution in [3.8, 4) is 0 Å². The summed E-state index contributed by atoms with van der Waals surface area (Å²) in [6.07, 6.45) is -0.348. The summed E-state index contributed by atoms with van der Waals surface area (Å²) in [6, 6.07) is 11.2. The highest BCUT2D eigenvalue weighted by molar-refractivity contribution is 7.89. The van der Waals surface area contributed by atoms with E-state index in [0.29, 0.717) is 17.4 Å². The van der Waals surface area contributed by atoms with Crippen LogP contribution in [0.1, 0.15) is 25.0 Å². The molecule has 5 nitrogen and oxygen atoms in total. The first-order valence-corrected chi connectivity index (χ1v) is 10.8. The van der Waals surface area contributed by atoms with Crippen molar-refractivity contribution in [3.63, 3.8) is 0 Å². The molecule has 0 aliphatic rings. The molecule has 0 saturated carbocycles. The molecule has 2 aromatic rings. The molecule has 2 N–H and O–H groups in total. The number of rotatable bonds is 9. The van der Waals surface area contributed by atoms with Gasteiger partial charge in [-0.15, -0.1) is 0 Å². The van der Waals surface area contributed by atoms with Gasteiger partial charge in [0.2, 0.25) is 10.0 Å². The van der Waals surface area contributed by atoms with Crippen molar-refractivity contribution < 1.29 is 17.9 Å².